The van der Waals surface area contributed by atoms with E-state index >= 15 is 0 Å². The number of halogens is 3. The number of pyridine rings is 1. The quantitative estimate of drug-likeness (QED) is 0.374. The molecule has 0 fully saturated rings. The number of carbonyl (C=O) groups is 1. The summed E-state index contributed by atoms with van der Waals surface area (Å²) in [5, 5.41) is 12.3. The van der Waals surface area contributed by atoms with Crippen molar-refractivity contribution < 1.29 is 9.18 Å². The Morgan fingerprint density at radius 1 is 1.10 bits per heavy atom. The van der Waals surface area contributed by atoms with Crippen molar-refractivity contribution in [3.8, 4) is 17.1 Å². The second kappa shape index (κ2) is 9.47. The van der Waals surface area contributed by atoms with E-state index in [1.54, 1.807) is 24.5 Å². The van der Waals surface area contributed by atoms with E-state index in [9.17, 15) is 9.18 Å². The number of benzene rings is 2. The molecular formula is C21H14Cl2FN5OS. The van der Waals surface area contributed by atoms with Crippen molar-refractivity contribution in [1.82, 2.24) is 19.7 Å². The molecular weight excluding hydrogens is 460 g/mol. The number of rotatable bonds is 6. The van der Waals surface area contributed by atoms with Crippen molar-refractivity contribution >= 4 is 46.6 Å². The second-order valence-corrected chi connectivity index (χ2v) is 8.11. The fourth-order valence-electron chi connectivity index (χ4n) is 2.77. The van der Waals surface area contributed by atoms with Crippen molar-refractivity contribution in [2.75, 3.05) is 11.1 Å². The zero-order chi connectivity index (χ0) is 21.8. The minimum atomic E-state index is -0.548. The van der Waals surface area contributed by atoms with Crippen molar-refractivity contribution in [2.24, 2.45) is 0 Å². The number of amides is 1. The topological polar surface area (TPSA) is 72.7 Å². The van der Waals surface area contributed by atoms with E-state index in [4.69, 9.17) is 23.2 Å². The highest BCUT2D eigenvalue weighted by Crippen LogP contribution is 2.28. The maximum absolute atomic E-state index is 13.3. The van der Waals surface area contributed by atoms with Gasteiger partial charge in [0.25, 0.3) is 0 Å². The van der Waals surface area contributed by atoms with Crippen molar-refractivity contribution in [3.63, 3.8) is 0 Å². The predicted octanol–water partition coefficient (Wildman–Crippen LogP) is 5.51. The van der Waals surface area contributed by atoms with Gasteiger partial charge in [-0.2, -0.15) is 0 Å². The Morgan fingerprint density at radius 2 is 1.90 bits per heavy atom. The van der Waals surface area contributed by atoms with Crippen LogP contribution in [-0.4, -0.2) is 31.4 Å². The van der Waals surface area contributed by atoms with E-state index in [2.05, 4.69) is 20.5 Å². The molecule has 0 saturated heterocycles. The number of hydrogen-bond acceptors (Lipinski definition) is 5. The molecule has 156 valence electrons. The zero-order valence-electron chi connectivity index (χ0n) is 15.8. The molecule has 0 aliphatic heterocycles. The molecule has 0 unspecified atom stereocenters. The lowest BCUT2D eigenvalue weighted by Gasteiger charge is -2.10. The van der Waals surface area contributed by atoms with Crippen LogP contribution in [0, 0.1) is 5.82 Å². The molecule has 2 aromatic heterocycles. The fourth-order valence-corrected chi connectivity index (χ4v) is 3.83. The lowest BCUT2D eigenvalue weighted by molar-refractivity contribution is -0.113. The fraction of sp³-hybridized carbons (Fsp3) is 0.0476. The number of anilines is 1. The van der Waals surface area contributed by atoms with Gasteiger partial charge in [0, 0.05) is 34.4 Å². The van der Waals surface area contributed by atoms with Crippen LogP contribution in [0.1, 0.15) is 0 Å². The van der Waals surface area contributed by atoms with E-state index in [-0.39, 0.29) is 16.7 Å². The highest BCUT2D eigenvalue weighted by atomic mass is 35.5. The minimum Gasteiger partial charge on any atom is -0.325 e. The summed E-state index contributed by atoms with van der Waals surface area (Å²) in [5.74, 6) is -0.189. The van der Waals surface area contributed by atoms with Crippen LogP contribution in [-0.2, 0) is 4.79 Å². The third-order valence-corrected chi connectivity index (χ3v) is 5.64. The Labute approximate surface area is 191 Å². The lowest BCUT2D eigenvalue weighted by Crippen LogP contribution is -2.14. The third-order valence-electron chi connectivity index (χ3n) is 4.17. The molecule has 1 amide bonds. The molecule has 0 aliphatic rings. The summed E-state index contributed by atoms with van der Waals surface area (Å²) < 4.78 is 15.1. The van der Waals surface area contributed by atoms with E-state index in [0.29, 0.717) is 21.7 Å². The van der Waals surface area contributed by atoms with Gasteiger partial charge in [-0.1, -0.05) is 35.0 Å². The van der Waals surface area contributed by atoms with Crippen LogP contribution >= 0.6 is 35.0 Å². The third kappa shape index (κ3) is 5.04. The SMILES string of the molecule is O=C(CSc1nnc(-c2cccnc2)n1-c1ccc(Cl)cc1)Nc1ccc(F)c(Cl)c1. The maximum atomic E-state index is 13.3. The molecule has 10 heteroatoms. The minimum absolute atomic E-state index is 0.0611. The monoisotopic (exact) mass is 473 g/mol. The molecule has 1 N–H and O–H groups in total. The van der Waals surface area contributed by atoms with E-state index in [0.717, 1.165) is 11.3 Å². The largest absolute Gasteiger partial charge is 0.325 e. The molecule has 31 heavy (non-hydrogen) atoms. The predicted molar refractivity (Wildman–Crippen MR) is 120 cm³/mol. The van der Waals surface area contributed by atoms with Crippen LogP contribution in [0.2, 0.25) is 10.0 Å². The summed E-state index contributed by atoms with van der Waals surface area (Å²) in [5.41, 5.74) is 1.98. The van der Waals surface area contributed by atoms with Gasteiger partial charge in [-0.15, -0.1) is 10.2 Å². The molecule has 4 rings (SSSR count). The van der Waals surface area contributed by atoms with Crippen molar-refractivity contribution in [1.29, 1.82) is 0 Å². The first-order chi connectivity index (χ1) is 15.0. The van der Waals surface area contributed by atoms with Crippen LogP contribution in [0.25, 0.3) is 17.1 Å². The van der Waals surface area contributed by atoms with Crippen molar-refractivity contribution in [2.45, 2.75) is 5.16 Å². The highest BCUT2D eigenvalue weighted by Gasteiger charge is 2.17. The first-order valence-electron chi connectivity index (χ1n) is 9.01. The summed E-state index contributed by atoms with van der Waals surface area (Å²) in [7, 11) is 0. The molecule has 0 radical (unpaired) electrons. The Bertz CT molecular complexity index is 1220. The molecule has 6 nitrogen and oxygen atoms in total. The summed E-state index contributed by atoms with van der Waals surface area (Å²) in [6, 6.07) is 14.9. The number of nitrogens with one attached hydrogen (secondary N) is 1. The molecule has 2 heterocycles. The van der Waals surface area contributed by atoms with Gasteiger partial charge < -0.3 is 5.32 Å². The average molecular weight is 474 g/mol. The van der Waals surface area contributed by atoms with E-state index in [1.165, 1.54) is 30.0 Å². The summed E-state index contributed by atoms with van der Waals surface area (Å²) >= 11 is 13.0. The van der Waals surface area contributed by atoms with Gasteiger partial charge in [-0.3, -0.25) is 14.3 Å². The van der Waals surface area contributed by atoms with E-state index in [1.807, 2.05) is 28.8 Å². The molecule has 0 spiro atoms. The van der Waals surface area contributed by atoms with Crippen LogP contribution in [0.15, 0.2) is 72.1 Å². The molecule has 0 bridgehead atoms. The Kier molecular flexibility index (Phi) is 6.50. The zero-order valence-corrected chi connectivity index (χ0v) is 18.1. The van der Waals surface area contributed by atoms with Crippen LogP contribution in [0.3, 0.4) is 0 Å². The number of carbonyl (C=O) groups excluding carboxylic acids is 1. The summed E-state index contributed by atoms with van der Waals surface area (Å²) in [4.78, 5) is 16.5. The molecule has 0 atom stereocenters. The Balaban J connectivity index is 1.57. The van der Waals surface area contributed by atoms with Crippen LogP contribution in [0.5, 0.6) is 0 Å². The maximum Gasteiger partial charge on any atom is 0.234 e. The van der Waals surface area contributed by atoms with E-state index < -0.39 is 5.82 Å². The molecule has 2 aromatic carbocycles. The smallest absolute Gasteiger partial charge is 0.234 e. The number of nitrogens with zero attached hydrogens (tertiary/aromatic N) is 4. The summed E-state index contributed by atoms with van der Waals surface area (Å²) in [6.45, 7) is 0. The van der Waals surface area contributed by atoms with Gasteiger partial charge >= 0.3 is 0 Å². The lowest BCUT2D eigenvalue weighted by atomic mass is 10.2. The van der Waals surface area contributed by atoms with Crippen LogP contribution in [0.4, 0.5) is 10.1 Å². The molecule has 4 aromatic rings. The van der Waals surface area contributed by atoms with Gasteiger partial charge in [-0.25, -0.2) is 4.39 Å². The van der Waals surface area contributed by atoms with Crippen molar-refractivity contribution in [3.05, 3.63) is 82.9 Å². The first kappa shape index (κ1) is 21.3. The highest BCUT2D eigenvalue weighted by molar-refractivity contribution is 7.99. The van der Waals surface area contributed by atoms with Gasteiger partial charge in [-0.05, 0) is 54.6 Å². The van der Waals surface area contributed by atoms with Gasteiger partial charge in [0.05, 0.1) is 10.8 Å². The normalized spacial score (nSPS) is 10.8. The average Bonchev–Trinajstić information content (AvgIpc) is 3.20. The Morgan fingerprint density at radius 3 is 2.61 bits per heavy atom. The standard InChI is InChI=1S/C21H14Cl2FN5OS/c22-14-3-6-16(7-4-14)29-20(13-2-1-9-25-11-13)27-28-21(29)31-12-19(30)26-15-5-8-18(24)17(23)10-15/h1-11H,12H2,(H,26,30). The number of aromatic nitrogens is 4. The van der Waals surface area contributed by atoms with Gasteiger partial charge in [0.1, 0.15) is 5.82 Å². The molecule has 0 saturated carbocycles. The number of hydrogen-bond donors (Lipinski definition) is 1. The number of thioether (sulfide) groups is 1. The second-order valence-electron chi connectivity index (χ2n) is 6.33. The van der Waals surface area contributed by atoms with Gasteiger partial charge in [0.2, 0.25) is 5.91 Å². The molecule has 0 aliphatic carbocycles. The summed E-state index contributed by atoms with van der Waals surface area (Å²) in [6.07, 6.45) is 3.37. The Hall–Kier alpha value is -2.94. The first-order valence-corrected chi connectivity index (χ1v) is 10.7. The van der Waals surface area contributed by atoms with Gasteiger partial charge in [0.15, 0.2) is 11.0 Å². The van der Waals surface area contributed by atoms with Crippen LogP contribution < -0.4 is 5.32 Å².